The number of nitrogens with one attached hydrogen (secondary N) is 1. The van der Waals surface area contributed by atoms with E-state index in [2.05, 4.69) is 27.1 Å². The molecule has 2 aromatic rings. The summed E-state index contributed by atoms with van der Waals surface area (Å²) in [5.41, 5.74) is 2.68. The van der Waals surface area contributed by atoms with Crippen LogP contribution in [0.5, 0.6) is 0 Å². The molecule has 148 valence electrons. The molecule has 0 unspecified atom stereocenters. The number of rotatable bonds is 6. The second-order valence-electron chi connectivity index (χ2n) is 6.88. The summed E-state index contributed by atoms with van der Waals surface area (Å²) in [5.74, 6) is 0.671. The van der Waals surface area contributed by atoms with Crippen molar-refractivity contribution in [3.05, 3.63) is 48.3 Å². The highest BCUT2D eigenvalue weighted by Crippen LogP contribution is 2.21. The fourth-order valence-electron chi connectivity index (χ4n) is 3.13. The van der Waals surface area contributed by atoms with Gasteiger partial charge in [0.1, 0.15) is 5.82 Å². The monoisotopic (exact) mass is 381 g/mol. The van der Waals surface area contributed by atoms with Crippen molar-refractivity contribution in [3.63, 3.8) is 0 Å². The second-order valence-corrected chi connectivity index (χ2v) is 6.88. The number of carbonyl (C=O) groups is 1. The van der Waals surface area contributed by atoms with Gasteiger partial charge in [-0.05, 0) is 37.7 Å². The number of anilines is 1. The van der Waals surface area contributed by atoms with E-state index in [1.807, 2.05) is 30.5 Å². The molecule has 1 aliphatic rings. The first kappa shape index (κ1) is 20.0. The number of hydrogen-bond acceptors (Lipinski definition) is 6. The minimum Gasteiger partial charge on any atom is -0.395 e. The number of aliphatic hydroxyl groups is 1. The van der Waals surface area contributed by atoms with Crippen LogP contribution >= 0.6 is 0 Å². The van der Waals surface area contributed by atoms with Crippen molar-refractivity contribution in [2.75, 3.05) is 51.3 Å². The number of likely N-dealkylation sites (N-methyl/N-ethyl adjacent to an activating group) is 1. The van der Waals surface area contributed by atoms with Crippen LogP contribution in [0.3, 0.4) is 0 Å². The first-order chi connectivity index (χ1) is 13.7. The first-order valence-corrected chi connectivity index (χ1v) is 9.58. The van der Waals surface area contributed by atoms with Gasteiger partial charge in [0.25, 0.3) is 0 Å². The lowest BCUT2D eigenvalue weighted by molar-refractivity contribution is -0.116. The third-order valence-electron chi connectivity index (χ3n) is 4.69. The van der Waals surface area contributed by atoms with E-state index in [0.29, 0.717) is 0 Å². The molecular weight excluding hydrogens is 354 g/mol. The SMILES string of the molecule is CN1CCCN(c2cncc(-c3cccc(C=CC(=O)NCCO)c3)n2)CC1. The van der Waals surface area contributed by atoms with E-state index in [0.717, 1.165) is 55.2 Å². The maximum absolute atomic E-state index is 11.7. The zero-order valence-electron chi connectivity index (χ0n) is 16.2. The van der Waals surface area contributed by atoms with Crippen molar-refractivity contribution >= 4 is 17.8 Å². The Bertz CT molecular complexity index is 824. The molecule has 1 saturated heterocycles. The molecule has 0 bridgehead atoms. The van der Waals surface area contributed by atoms with E-state index in [1.165, 1.54) is 6.08 Å². The van der Waals surface area contributed by atoms with Crippen molar-refractivity contribution in [1.82, 2.24) is 20.2 Å². The molecule has 1 aromatic heterocycles. The number of aliphatic hydroxyl groups excluding tert-OH is 1. The molecule has 1 aliphatic heterocycles. The standard InChI is InChI=1S/C21H27N5O2/c1-25-9-3-10-26(12-11-25)20-16-22-15-19(24-20)18-5-2-4-17(14-18)6-7-21(28)23-8-13-27/h2,4-7,14-16,27H,3,8-13H2,1H3,(H,23,28). The van der Waals surface area contributed by atoms with Gasteiger partial charge in [0.15, 0.2) is 0 Å². The summed E-state index contributed by atoms with van der Waals surface area (Å²) in [4.78, 5) is 25.5. The summed E-state index contributed by atoms with van der Waals surface area (Å²) in [7, 11) is 2.15. The Morgan fingerprint density at radius 2 is 2.14 bits per heavy atom. The topological polar surface area (TPSA) is 81.6 Å². The zero-order chi connectivity index (χ0) is 19.8. The molecule has 7 nitrogen and oxygen atoms in total. The maximum atomic E-state index is 11.7. The first-order valence-electron chi connectivity index (χ1n) is 9.58. The minimum absolute atomic E-state index is 0.0720. The highest BCUT2D eigenvalue weighted by molar-refractivity contribution is 5.91. The van der Waals surface area contributed by atoms with E-state index < -0.39 is 0 Å². The Labute approximate surface area is 165 Å². The van der Waals surface area contributed by atoms with E-state index in [1.54, 1.807) is 12.3 Å². The molecule has 0 saturated carbocycles. The van der Waals surface area contributed by atoms with Crippen LogP contribution in [0.4, 0.5) is 5.82 Å². The van der Waals surface area contributed by atoms with Gasteiger partial charge >= 0.3 is 0 Å². The van der Waals surface area contributed by atoms with Gasteiger partial charge in [-0.3, -0.25) is 9.78 Å². The summed E-state index contributed by atoms with van der Waals surface area (Å²) >= 11 is 0. The number of aromatic nitrogens is 2. The molecule has 0 aliphatic carbocycles. The molecule has 1 fully saturated rings. The molecule has 2 N–H and O–H groups in total. The van der Waals surface area contributed by atoms with Crippen LogP contribution in [0.2, 0.25) is 0 Å². The van der Waals surface area contributed by atoms with E-state index in [-0.39, 0.29) is 19.1 Å². The Balaban J connectivity index is 1.75. The fourth-order valence-corrected chi connectivity index (χ4v) is 3.13. The van der Waals surface area contributed by atoms with E-state index >= 15 is 0 Å². The van der Waals surface area contributed by atoms with Gasteiger partial charge in [-0.15, -0.1) is 0 Å². The van der Waals surface area contributed by atoms with Gasteiger partial charge in [-0.1, -0.05) is 18.2 Å². The molecule has 0 atom stereocenters. The average molecular weight is 381 g/mol. The molecule has 3 rings (SSSR count). The molecule has 0 spiro atoms. The lowest BCUT2D eigenvalue weighted by Gasteiger charge is -2.21. The smallest absolute Gasteiger partial charge is 0.244 e. The number of hydrogen-bond donors (Lipinski definition) is 2. The van der Waals surface area contributed by atoms with Crippen LogP contribution in [-0.2, 0) is 4.79 Å². The highest BCUT2D eigenvalue weighted by Gasteiger charge is 2.14. The van der Waals surface area contributed by atoms with Gasteiger partial charge in [0, 0.05) is 37.8 Å². The average Bonchev–Trinajstić information content (AvgIpc) is 2.95. The van der Waals surface area contributed by atoms with E-state index in [9.17, 15) is 4.79 Å². The molecule has 1 amide bonds. The Morgan fingerprint density at radius 3 is 3.00 bits per heavy atom. The number of benzene rings is 1. The summed E-state index contributed by atoms with van der Waals surface area (Å²) in [6.07, 6.45) is 7.91. The highest BCUT2D eigenvalue weighted by atomic mass is 16.3. The minimum atomic E-state index is -0.229. The molecule has 2 heterocycles. The van der Waals surface area contributed by atoms with Gasteiger partial charge in [-0.25, -0.2) is 4.98 Å². The van der Waals surface area contributed by atoms with Crippen LogP contribution in [0.15, 0.2) is 42.7 Å². The van der Waals surface area contributed by atoms with E-state index in [4.69, 9.17) is 10.1 Å². The zero-order valence-corrected chi connectivity index (χ0v) is 16.2. The maximum Gasteiger partial charge on any atom is 0.244 e. The van der Waals surface area contributed by atoms with Crippen LogP contribution < -0.4 is 10.2 Å². The summed E-state index contributed by atoms with van der Waals surface area (Å²) in [6.45, 7) is 4.22. The fraction of sp³-hybridized carbons (Fsp3) is 0.381. The summed E-state index contributed by atoms with van der Waals surface area (Å²) in [5, 5.41) is 11.3. The summed E-state index contributed by atoms with van der Waals surface area (Å²) < 4.78 is 0. The number of amides is 1. The van der Waals surface area contributed by atoms with Crippen molar-refractivity contribution in [3.8, 4) is 11.3 Å². The second kappa shape index (κ2) is 9.96. The number of carbonyl (C=O) groups excluding carboxylic acids is 1. The Morgan fingerprint density at radius 1 is 1.25 bits per heavy atom. The quantitative estimate of drug-likeness (QED) is 0.737. The molecule has 0 radical (unpaired) electrons. The largest absolute Gasteiger partial charge is 0.395 e. The van der Waals surface area contributed by atoms with Gasteiger partial charge < -0.3 is 20.2 Å². The van der Waals surface area contributed by atoms with Crippen molar-refractivity contribution in [2.24, 2.45) is 0 Å². The number of nitrogens with zero attached hydrogens (tertiary/aromatic N) is 4. The van der Waals surface area contributed by atoms with Crippen molar-refractivity contribution in [2.45, 2.75) is 6.42 Å². The normalized spacial score (nSPS) is 15.6. The lowest BCUT2D eigenvalue weighted by atomic mass is 10.1. The molecule has 28 heavy (non-hydrogen) atoms. The molecular formula is C21H27N5O2. The third kappa shape index (κ3) is 5.61. The van der Waals surface area contributed by atoms with Gasteiger partial charge in [-0.2, -0.15) is 0 Å². The lowest BCUT2D eigenvalue weighted by Crippen LogP contribution is -2.29. The molecule has 1 aromatic carbocycles. The predicted octanol–water partition coefficient (Wildman–Crippen LogP) is 1.41. The van der Waals surface area contributed by atoms with Gasteiger partial charge in [0.05, 0.1) is 24.7 Å². The molecule has 7 heteroatoms. The Hall–Kier alpha value is -2.77. The van der Waals surface area contributed by atoms with Crippen molar-refractivity contribution < 1.29 is 9.90 Å². The van der Waals surface area contributed by atoms with Crippen LogP contribution in [0.25, 0.3) is 17.3 Å². The van der Waals surface area contributed by atoms with Crippen molar-refractivity contribution in [1.29, 1.82) is 0 Å². The summed E-state index contributed by atoms with van der Waals surface area (Å²) in [6, 6.07) is 7.85. The third-order valence-corrected chi connectivity index (χ3v) is 4.69. The van der Waals surface area contributed by atoms with Gasteiger partial charge in [0.2, 0.25) is 5.91 Å². The predicted molar refractivity (Wildman–Crippen MR) is 111 cm³/mol. The van der Waals surface area contributed by atoms with Crippen LogP contribution in [0.1, 0.15) is 12.0 Å². The Kier molecular flexibility index (Phi) is 7.11. The van der Waals surface area contributed by atoms with Crippen LogP contribution in [-0.4, -0.2) is 72.3 Å². The van der Waals surface area contributed by atoms with Crippen LogP contribution in [0, 0.1) is 0 Å².